The molecule has 0 unspecified atom stereocenters. The fourth-order valence-electron chi connectivity index (χ4n) is 3.79. The standard InChI is InChI=1S/C17H33NO/c1-16(2)14-18-15-17(19-16)12-10-8-6-4-3-5-7-9-11-13-17/h18H,3-15H2,1-2H3. The van der Waals surface area contributed by atoms with Crippen LogP contribution in [0.25, 0.3) is 0 Å². The van der Waals surface area contributed by atoms with Crippen LogP contribution in [-0.2, 0) is 4.74 Å². The van der Waals surface area contributed by atoms with Crippen molar-refractivity contribution in [2.75, 3.05) is 13.1 Å². The molecule has 2 aliphatic rings. The highest BCUT2D eigenvalue weighted by Gasteiger charge is 2.39. The number of hydrogen-bond donors (Lipinski definition) is 1. The molecule has 1 aliphatic heterocycles. The highest BCUT2D eigenvalue weighted by Crippen LogP contribution is 2.34. The van der Waals surface area contributed by atoms with Gasteiger partial charge in [-0.3, -0.25) is 0 Å². The van der Waals surface area contributed by atoms with Crippen LogP contribution in [0.5, 0.6) is 0 Å². The van der Waals surface area contributed by atoms with Crippen LogP contribution in [0.15, 0.2) is 0 Å². The third-order valence-electron chi connectivity index (χ3n) is 4.76. The van der Waals surface area contributed by atoms with E-state index in [9.17, 15) is 0 Å². The van der Waals surface area contributed by atoms with Crippen molar-refractivity contribution < 1.29 is 4.74 Å². The Morgan fingerprint density at radius 3 is 1.63 bits per heavy atom. The van der Waals surface area contributed by atoms with E-state index in [1.165, 1.54) is 70.6 Å². The molecule has 0 aromatic heterocycles. The largest absolute Gasteiger partial charge is 0.366 e. The maximum atomic E-state index is 6.54. The molecular formula is C17H33NO. The molecule has 0 bridgehead atoms. The number of hydrogen-bond acceptors (Lipinski definition) is 2. The number of ether oxygens (including phenoxy) is 1. The smallest absolute Gasteiger partial charge is 0.0814 e. The van der Waals surface area contributed by atoms with E-state index in [0.717, 1.165) is 13.1 Å². The number of nitrogens with one attached hydrogen (secondary N) is 1. The average molecular weight is 267 g/mol. The van der Waals surface area contributed by atoms with Crippen molar-refractivity contribution in [3.63, 3.8) is 0 Å². The summed E-state index contributed by atoms with van der Waals surface area (Å²) in [5.41, 5.74) is 0.135. The predicted octanol–water partition coefficient (Wildman–Crippen LogP) is 4.43. The second-order valence-corrected chi connectivity index (χ2v) is 7.33. The Hall–Kier alpha value is -0.0800. The highest BCUT2D eigenvalue weighted by atomic mass is 16.5. The van der Waals surface area contributed by atoms with Gasteiger partial charge in [-0.05, 0) is 26.7 Å². The molecule has 1 saturated heterocycles. The molecule has 1 heterocycles. The second-order valence-electron chi connectivity index (χ2n) is 7.33. The van der Waals surface area contributed by atoms with E-state index in [1.807, 2.05) is 0 Å². The fourth-order valence-corrected chi connectivity index (χ4v) is 3.79. The molecule has 2 rings (SSSR count). The van der Waals surface area contributed by atoms with Crippen molar-refractivity contribution in [1.29, 1.82) is 0 Å². The summed E-state index contributed by atoms with van der Waals surface area (Å²) in [6.07, 6.45) is 15.2. The molecule has 1 N–H and O–H groups in total. The summed E-state index contributed by atoms with van der Waals surface area (Å²) < 4.78 is 6.54. The fraction of sp³-hybridized carbons (Fsp3) is 1.00. The van der Waals surface area contributed by atoms with E-state index >= 15 is 0 Å². The summed E-state index contributed by atoms with van der Waals surface area (Å²) in [5.74, 6) is 0. The first kappa shape index (κ1) is 15.3. The Balaban J connectivity index is 1.93. The molecule has 19 heavy (non-hydrogen) atoms. The van der Waals surface area contributed by atoms with Gasteiger partial charge in [0, 0.05) is 13.1 Å². The molecule has 1 saturated carbocycles. The Morgan fingerprint density at radius 2 is 1.16 bits per heavy atom. The minimum absolute atomic E-state index is 0.00924. The maximum absolute atomic E-state index is 6.54. The van der Waals surface area contributed by atoms with Gasteiger partial charge in [-0.25, -0.2) is 0 Å². The van der Waals surface area contributed by atoms with Gasteiger partial charge in [0.1, 0.15) is 0 Å². The predicted molar refractivity (Wildman–Crippen MR) is 81.6 cm³/mol. The summed E-state index contributed by atoms with van der Waals surface area (Å²) in [6.45, 7) is 6.53. The van der Waals surface area contributed by atoms with E-state index in [2.05, 4.69) is 19.2 Å². The SMILES string of the molecule is CC1(C)CNCC2(CCCCCCCCCCC2)O1. The van der Waals surface area contributed by atoms with Crippen molar-refractivity contribution in [3.8, 4) is 0 Å². The third-order valence-corrected chi connectivity index (χ3v) is 4.76. The van der Waals surface area contributed by atoms with Crippen molar-refractivity contribution in [2.24, 2.45) is 0 Å². The van der Waals surface area contributed by atoms with Gasteiger partial charge in [0.2, 0.25) is 0 Å². The Bertz CT molecular complexity index is 250. The lowest BCUT2D eigenvalue weighted by atomic mass is 9.86. The first-order valence-electron chi connectivity index (χ1n) is 8.53. The topological polar surface area (TPSA) is 21.3 Å². The van der Waals surface area contributed by atoms with Crippen LogP contribution in [0.2, 0.25) is 0 Å². The maximum Gasteiger partial charge on any atom is 0.0814 e. The molecule has 0 aromatic rings. The molecule has 1 spiro atoms. The van der Waals surface area contributed by atoms with Crippen molar-refractivity contribution in [3.05, 3.63) is 0 Å². The van der Waals surface area contributed by atoms with Gasteiger partial charge < -0.3 is 10.1 Å². The summed E-state index contributed by atoms with van der Waals surface area (Å²) in [6, 6.07) is 0. The van der Waals surface area contributed by atoms with Crippen LogP contribution in [0.1, 0.15) is 84.5 Å². The Kier molecular flexibility index (Phi) is 5.70. The van der Waals surface area contributed by atoms with Crippen LogP contribution in [0.3, 0.4) is 0 Å². The lowest BCUT2D eigenvalue weighted by Gasteiger charge is -2.46. The molecule has 112 valence electrons. The Labute approximate surface area is 119 Å². The van der Waals surface area contributed by atoms with Crippen LogP contribution < -0.4 is 5.32 Å². The summed E-state index contributed by atoms with van der Waals surface area (Å²) >= 11 is 0. The van der Waals surface area contributed by atoms with E-state index < -0.39 is 0 Å². The van der Waals surface area contributed by atoms with E-state index in [1.54, 1.807) is 0 Å². The molecule has 0 radical (unpaired) electrons. The Morgan fingerprint density at radius 1 is 0.684 bits per heavy atom. The van der Waals surface area contributed by atoms with Crippen LogP contribution in [-0.4, -0.2) is 24.3 Å². The third kappa shape index (κ3) is 5.07. The van der Waals surface area contributed by atoms with Gasteiger partial charge in [-0.2, -0.15) is 0 Å². The van der Waals surface area contributed by atoms with E-state index in [0.29, 0.717) is 0 Å². The van der Waals surface area contributed by atoms with Gasteiger partial charge in [-0.15, -0.1) is 0 Å². The van der Waals surface area contributed by atoms with Crippen LogP contribution >= 0.6 is 0 Å². The minimum Gasteiger partial charge on any atom is -0.366 e. The van der Waals surface area contributed by atoms with Gasteiger partial charge in [0.25, 0.3) is 0 Å². The number of morpholine rings is 1. The summed E-state index contributed by atoms with van der Waals surface area (Å²) in [7, 11) is 0. The quantitative estimate of drug-likeness (QED) is 0.701. The summed E-state index contributed by atoms with van der Waals surface area (Å²) in [5, 5.41) is 3.62. The summed E-state index contributed by atoms with van der Waals surface area (Å²) in [4.78, 5) is 0. The molecule has 2 nitrogen and oxygen atoms in total. The lowest BCUT2D eigenvalue weighted by molar-refractivity contribution is -0.170. The average Bonchev–Trinajstić information content (AvgIpc) is 2.33. The number of rotatable bonds is 0. The molecule has 0 amide bonds. The zero-order valence-corrected chi connectivity index (χ0v) is 13.1. The van der Waals surface area contributed by atoms with Crippen molar-refractivity contribution >= 4 is 0 Å². The normalized spacial score (nSPS) is 29.4. The van der Waals surface area contributed by atoms with E-state index in [-0.39, 0.29) is 11.2 Å². The molecule has 0 atom stereocenters. The van der Waals surface area contributed by atoms with Crippen LogP contribution in [0.4, 0.5) is 0 Å². The van der Waals surface area contributed by atoms with Gasteiger partial charge in [0.15, 0.2) is 0 Å². The first-order chi connectivity index (χ1) is 9.12. The van der Waals surface area contributed by atoms with Gasteiger partial charge in [0.05, 0.1) is 11.2 Å². The van der Waals surface area contributed by atoms with Gasteiger partial charge in [-0.1, -0.05) is 57.8 Å². The molecule has 2 fully saturated rings. The molecule has 2 heteroatoms. The van der Waals surface area contributed by atoms with E-state index in [4.69, 9.17) is 4.74 Å². The first-order valence-corrected chi connectivity index (χ1v) is 8.53. The lowest BCUT2D eigenvalue weighted by Crippen LogP contribution is -2.58. The minimum atomic E-state index is 0.00924. The van der Waals surface area contributed by atoms with Gasteiger partial charge >= 0.3 is 0 Å². The monoisotopic (exact) mass is 267 g/mol. The molecular weight excluding hydrogens is 234 g/mol. The van der Waals surface area contributed by atoms with Crippen molar-refractivity contribution in [1.82, 2.24) is 5.32 Å². The van der Waals surface area contributed by atoms with Crippen molar-refractivity contribution in [2.45, 2.75) is 95.7 Å². The molecule has 1 aliphatic carbocycles. The zero-order valence-electron chi connectivity index (χ0n) is 13.1. The van der Waals surface area contributed by atoms with Crippen LogP contribution in [0, 0.1) is 0 Å². The molecule has 0 aromatic carbocycles. The second kappa shape index (κ2) is 7.08. The highest BCUT2D eigenvalue weighted by molar-refractivity contribution is 4.92. The zero-order chi connectivity index (χ0) is 13.6.